The minimum atomic E-state index is 0.0489. The van der Waals surface area contributed by atoms with Gasteiger partial charge in [-0.1, -0.05) is 11.8 Å². The monoisotopic (exact) mass is 342 g/mol. The molecule has 2 aliphatic rings. The number of amides is 1. The van der Waals surface area contributed by atoms with E-state index in [1.165, 1.54) is 11.8 Å². The van der Waals surface area contributed by atoms with Crippen molar-refractivity contribution in [2.75, 3.05) is 17.7 Å². The van der Waals surface area contributed by atoms with Crippen LogP contribution in [0.15, 0.2) is 23.4 Å². The average Bonchev–Trinajstić information content (AvgIpc) is 3.28. The molecular weight excluding hydrogens is 324 g/mol. The number of aryl methyl sites for hydroxylation is 1. The van der Waals surface area contributed by atoms with E-state index in [0.717, 1.165) is 35.1 Å². The highest BCUT2D eigenvalue weighted by Crippen LogP contribution is 2.38. The Bertz CT molecular complexity index is 841. The van der Waals surface area contributed by atoms with Crippen LogP contribution >= 0.6 is 11.8 Å². The number of fused-ring (bicyclic) bond motifs is 1. The third-order valence-electron chi connectivity index (χ3n) is 4.56. The molecule has 124 valence electrons. The second kappa shape index (κ2) is 5.73. The minimum Gasteiger partial charge on any atom is -0.315 e. The number of aromatic nitrogens is 3. The van der Waals surface area contributed by atoms with Crippen molar-refractivity contribution in [1.29, 1.82) is 0 Å². The van der Waals surface area contributed by atoms with Crippen LogP contribution in [0.4, 0.5) is 5.69 Å². The fourth-order valence-electron chi connectivity index (χ4n) is 3.06. The lowest BCUT2D eigenvalue weighted by Crippen LogP contribution is -2.20. The summed E-state index contributed by atoms with van der Waals surface area (Å²) in [5.41, 5.74) is 2.47. The Morgan fingerprint density at radius 2 is 2.12 bits per heavy atom. The van der Waals surface area contributed by atoms with Crippen molar-refractivity contribution in [3.8, 4) is 0 Å². The first-order valence-electron chi connectivity index (χ1n) is 8.01. The van der Waals surface area contributed by atoms with Gasteiger partial charge in [0, 0.05) is 24.3 Å². The van der Waals surface area contributed by atoms with Gasteiger partial charge in [0.05, 0.1) is 12.2 Å². The molecule has 0 spiro atoms. The highest BCUT2D eigenvalue weighted by Gasteiger charge is 2.29. The Morgan fingerprint density at radius 3 is 2.88 bits per heavy atom. The van der Waals surface area contributed by atoms with E-state index in [-0.39, 0.29) is 11.7 Å². The first kappa shape index (κ1) is 15.4. The number of anilines is 1. The molecule has 1 aliphatic carbocycles. The number of benzene rings is 1. The standard InChI is InChI=1S/C17H18N4O2S/c1-10-18-19-17(21(10)13-4-5-13)24-9-15(22)11-3-6-14-12(7-11)8-16(23)20(14)2/h3,6-7,13H,4-5,8-9H2,1-2H3. The predicted octanol–water partition coefficient (Wildman–Crippen LogP) is 2.42. The molecular formula is C17H18N4O2S. The molecule has 1 aliphatic heterocycles. The normalized spacial score (nSPS) is 16.6. The smallest absolute Gasteiger partial charge is 0.231 e. The third-order valence-corrected chi connectivity index (χ3v) is 5.50. The molecule has 1 amide bonds. The van der Waals surface area contributed by atoms with Crippen LogP contribution in [0.2, 0.25) is 0 Å². The van der Waals surface area contributed by atoms with Crippen molar-refractivity contribution in [1.82, 2.24) is 14.8 Å². The second-order valence-electron chi connectivity index (χ2n) is 6.32. The fourth-order valence-corrected chi connectivity index (χ4v) is 4.00. The number of thioether (sulfide) groups is 1. The second-order valence-corrected chi connectivity index (χ2v) is 7.26. The SMILES string of the molecule is Cc1nnc(SCC(=O)c2ccc3c(c2)CC(=O)N3C)n1C1CC1. The predicted molar refractivity (Wildman–Crippen MR) is 91.6 cm³/mol. The Labute approximate surface area is 144 Å². The van der Waals surface area contributed by atoms with Crippen LogP contribution in [-0.2, 0) is 11.2 Å². The van der Waals surface area contributed by atoms with E-state index in [1.807, 2.05) is 19.1 Å². The first-order valence-corrected chi connectivity index (χ1v) is 9.00. The van der Waals surface area contributed by atoms with Gasteiger partial charge in [-0.25, -0.2) is 0 Å². The van der Waals surface area contributed by atoms with Crippen molar-refractivity contribution < 1.29 is 9.59 Å². The van der Waals surface area contributed by atoms with E-state index in [2.05, 4.69) is 14.8 Å². The Hall–Kier alpha value is -2.15. The van der Waals surface area contributed by atoms with Crippen LogP contribution in [0.25, 0.3) is 0 Å². The van der Waals surface area contributed by atoms with E-state index >= 15 is 0 Å². The van der Waals surface area contributed by atoms with Crippen molar-refractivity contribution in [2.24, 2.45) is 0 Å². The number of nitrogens with zero attached hydrogens (tertiary/aromatic N) is 4. The van der Waals surface area contributed by atoms with Gasteiger partial charge in [0.15, 0.2) is 10.9 Å². The molecule has 2 aromatic rings. The lowest BCUT2D eigenvalue weighted by Gasteiger charge is -2.10. The molecule has 0 saturated heterocycles. The van der Waals surface area contributed by atoms with Crippen LogP contribution in [-0.4, -0.2) is 39.3 Å². The largest absolute Gasteiger partial charge is 0.315 e. The molecule has 24 heavy (non-hydrogen) atoms. The topological polar surface area (TPSA) is 68.1 Å². The lowest BCUT2D eigenvalue weighted by molar-refractivity contribution is -0.117. The van der Waals surface area contributed by atoms with Crippen LogP contribution in [0.5, 0.6) is 0 Å². The van der Waals surface area contributed by atoms with Gasteiger partial charge in [0.25, 0.3) is 0 Å². The fraction of sp³-hybridized carbons (Fsp3) is 0.412. The molecule has 0 unspecified atom stereocenters. The molecule has 1 aromatic carbocycles. The summed E-state index contributed by atoms with van der Waals surface area (Å²) in [6.07, 6.45) is 2.69. The van der Waals surface area contributed by atoms with Gasteiger partial charge < -0.3 is 9.47 Å². The third kappa shape index (κ3) is 2.62. The van der Waals surface area contributed by atoms with Gasteiger partial charge in [-0.3, -0.25) is 9.59 Å². The van der Waals surface area contributed by atoms with E-state index < -0.39 is 0 Å². The average molecular weight is 342 g/mol. The zero-order valence-corrected chi connectivity index (χ0v) is 14.5. The van der Waals surface area contributed by atoms with E-state index in [0.29, 0.717) is 23.8 Å². The molecule has 1 aromatic heterocycles. The summed E-state index contributed by atoms with van der Waals surface area (Å²) in [5.74, 6) is 1.35. The van der Waals surface area contributed by atoms with Crippen molar-refractivity contribution in [2.45, 2.75) is 37.4 Å². The van der Waals surface area contributed by atoms with Gasteiger partial charge in [0.2, 0.25) is 5.91 Å². The number of rotatable bonds is 5. The zero-order valence-electron chi connectivity index (χ0n) is 13.7. The van der Waals surface area contributed by atoms with E-state index in [4.69, 9.17) is 0 Å². The number of carbonyl (C=O) groups excluding carboxylic acids is 2. The maximum absolute atomic E-state index is 12.5. The Morgan fingerprint density at radius 1 is 1.33 bits per heavy atom. The zero-order chi connectivity index (χ0) is 16.8. The molecule has 0 bridgehead atoms. The summed E-state index contributed by atoms with van der Waals surface area (Å²) in [5, 5.41) is 9.14. The summed E-state index contributed by atoms with van der Waals surface area (Å²) in [7, 11) is 1.76. The van der Waals surface area contributed by atoms with Crippen LogP contribution in [0.3, 0.4) is 0 Å². The van der Waals surface area contributed by atoms with Crippen molar-refractivity contribution in [3.05, 3.63) is 35.2 Å². The summed E-state index contributed by atoms with van der Waals surface area (Å²) < 4.78 is 2.13. The Kier molecular flexibility index (Phi) is 3.68. The minimum absolute atomic E-state index is 0.0489. The van der Waals surface area contributed by atoms with E-state index in [1.54, 1.807) is 18.0 Å². The molecule has 1 fully saturated rings. The van der Waals surface area contributed by atoms with Crippen molar-refractivity contribution >= 4 is 29.1 Å². The molecule has 2 heterocycles. The highest BCUT2D eigenvalue weighted by molar-refractivity contribution is 7.99. The quantitative estimate of drug-likeness (QED) is 0.616. The maximum Gasteiger partial charge on any atom is 0.231 e. The lowest BCUT2D eigenvalue weighted by atomic mass is 10.1. The number of hydrogen-bond acceptors (Lipinski definition) is 5. The summed E-state index contributed by atoms with van der Waals surface area (Å²) in [4.78, 5) is 25.9. The molecule has 1 saturated carbocycles. The maximum atomic E-state index is 12.5. The number of carbonyl (C=O) groups is 2. The molecule has 7 heteroatoms. The molecule has 6 nitrogen and oxygen atoms in total. The molecule has 0 N–H and O–H groups in total. The van der Waals surface area contributed by atoms with Gasteiger partial charge in [-0.2, -0.15) is 0 Å². The number of ketones is 1. The van der Waals surface area contributed by atoms with Gasteiger partial charge in [-0.15, -0.1) is 10.2 Å². The van der Waals surface area contributed by atoms with Crippen LogP contribution in [0, 0.1) is 6.92 Å². The van der Waals surface area contributed by atoms with Gasteiger partial charge in [-0.05, 0) is 43.5 Å². The summed E-state index contributed by atoms with van der Waals surface area (Å²) in [6.45, 7) is 1.95. The van der Waals surface area contributed by atoms with Gasteiger partial charge >= 0.3 is 0 Å². The van der Waals surface area contributed by atoms with Gasteiger partial charge in [0.1, 0.15) is 5.82 Å². The number of Topliss-reactive ketones (excluding diaryl/α,β-unsaturated/α-hetero) is 1. The highest BCUT2D eigenvalue weighted by atomic mass is 32.2. The number of likely N-dealkylation sites (N-methyl/N-ethyl adjacent to an activating group) is 1. The molecule has 4 rings (SSSR count). The van der Waals surface area contributed by atoms with E-state index in [9.17, 15) is 9.59 Å². The van der Waals surface area contributed by atoms with Crippen molar-refractivity contribution in [3.63, 3.8) is 0 Å². The molecule has 0 radical (unpaired) electrons. The number of hydrogen-bond donors (Lipinski definition) is 0. The van der Waals surface area contributed by atoms with Crippen LogP contribution < -0.4 is 4.90 Å². The first-order chi connectivity index (χ1) is 11.5. The summed E-state index contributed by atoms with van der Waals surface area (Å²) in [6, 6.07) is 6.00. The molecule has 0 atom stereocenters. The Balaban J connectivity index is 1.48. The summed E-state index contributed by atoms with van der Waals surface area (Å²) >= 11 is 1.44. The van der Waals surface area contributed by atoms with Crippen LogP contribution in [0.1, 0.15) is 40.6 Å².